The summed E-state index contributed by atoms with van der Waals surface area (Å²) < 4.78 is 14.4. The van der Waals surface area contributed by atoms with Crippen LogP contribution in [0.5, 0.6) is 0 Å². The number of esters is 2. The zero-order valence-electron chi connectivity index (χ0n) is 32.7. The van der Waals surface area contributed by atoms with Crippen LogP contribution in [0.25, 0.3) is 0 Å². The van der Waals surface area contributed by atoms with Crippen LogP contribution in [-0.2, 0) is 40.0 Å². The second-order valence-corrected chi connectivity index (χ2v) is 13.4. The number of carboxylic acids is 2. The molecular formula is C40H51ClN4O12. The van der Waals surface area contributed by atoms with E-state index < -0.39 is 58.2 Å². The molecule has 0 spiro atoms. The number of nitrogens with one attached hydrogen (secondary N) is 2. The zero-order chi connectivity index (χ0) is 44.2. The minimum absolute atomic E-state index is 0.0444. The Labute approximate surface area is 336 Å². The van der Waals surface area contributed by atoms with Crippen LogP contribution in [0, 0.1) is 10.8 Å². The first-order chi connectivity index (χ1) is 26.4. The van der Waals surface area contributed by atoms with Gasteiger partial charge in [-0.25, -0.2) is 4.79 Å². The molecule has 0 aromatic heterocycles. The fourth-order valence-corrected chi connectivity index (χ4v) is 3.51. The van der Waals surface area contributed by atoms with Gasteiger partial charge in [0, 0.05) is 22.7 Å². The number of nitrogens with two attached hydrogens (primary N) is 2. The van der Waals surface area contributed by atoms with Crippen LogP contribution in [0.3, 0.4) is 0 Å². The molecule has 0 bridgehead atoms. The van der Waals surface area contributed by atoms with Gasteiger partial charge in [-0.2, -0.15) is 0 Å². The van der Waals surface area contributed by atoms with Crippen LogP contribution in [0.15, 0.2) is 91.0 Å². The lowest BCUT2D eigenvalue weighted by molar-refractivity contribution is -0.154. The molecule has 0 aliphatic rings. The van der Waals surface area contributed by atoms with Gasteiger partial charge in [0.2, 0.25) is 11.6 Å². The smallest absolute Gasteiger partial charge is 0.404 e. The molecule has 0 fully saturated rings. The second-order valence-electron chi connectivity index (χ2n) is 13.1. The highest BCUT2D eigenvalue weighted by Crippen LogP contribution is 2.10. The summed E-state index contributed by atoms with van der Waals surface area (Å²) in [5, 5.41) is 30.8. The highest BCUT2D eigenvalue weighted by molar-refractivity contribution is 6.61. The van der Waals surface area contributed by atoms with Crippen molar-refractivity contribution in [3.63, 3.8) is 0 Å². The van der Waals surface area contributed by atoms with Crippen molar-refractivity contribution in [2.45, 2.75) is 72.2 Å². The summed E-state index contributed by atoms with van der Waals surface area (Å²) in [6.45, 7) is 10.6. The van der Waals surface area contributed by atoms with Crippen molar-refractivity contribution in [1.82, 2.24) is 0 Å². The van der Waals surface area contributed by atoms with Crippen LogP contribution in [0.2, 0.25) is 0 Å². The quantitative estimate of drug-likeness (QED) is 0.0410. The molecule has 17 heteroatoms. The first-order valence-electron chi connectivity index (χ1n) is 16.9. The third-order valence-electron chi connectivity index (χ3n) is 5.65. The van der Waals surface area contributed by atoms with Gasteiger partial charge in [-0.05, 0) is 47.1 Å². The van der Waals surface area contributed by atoms with E-state index in [1.165, 1.54) is 0 Å². The van der Waals surface area contributed by atoms with E-state index in [-0.39, 0.29) is 37.8 Å². The van der Waals surface area contributed by atoms with Gasteiger partial charge in [-0.1, -0.05) is 91.0 Å². The second kappa shape index (κ2) is 28.3. The Hall–Kier alpha value is -6.10. The van der Waals surface area contributed by atoms with Crippen molar-refractivity contribution in [2.24, 2.45) is 11.5 Å². The molecule has 0 unspecified atom stereocenters. The van der Waals surface area contributed by atoms with Crippen molar-refractivity contribution in [1.29, 1.82) is 10.8 Å². The number of carbonyl (C=O) groups is 7. The molecule has 57 heavy (non-hydrogen) atoms. The number of carbonyl (C=O) groups excluding carboxylic acids is 5. The van der Waals surface area contributed by atoms with E-state index in [0.29, 0.717) is 11.1 Å². The number of ether oxygens (including phenoxy) is 3. The van der Waals surface area contributed by atoms with Crippen molar-refractivity contribution in [2.75, 3.05) is 13.1 Å². The summed E-state index contributed by atoms with van der Waals surface area (Å²) in [5.41, 5.74) is 8.83. The van der Waals surface area contributed by atoms with Crippen molar-refractivity contribution in [3.8, 4) is 0 Å². The predicted molar refractivity (Wildman–Crippen MR) is 214 cm³/mol. The van der Waals surface area contributed by atoms with Gasteiger partial charge in [0.1, 0.15) is 17.8 Å². The van der Waals surface area contributed by atoms with E-state index >= 15 is 0 Å². The van der Waals surface area contributed by atoms with Gasteiger partial charge >= 0.3 is 29.3 Å². The fourth-order valence-electron chi connectivity index (χ4n) is 3.46. The molecule has 8 N–H and O–H groups in total. The summed E-state index contributed by atoms with van der Waals surface area (Å²) in [4.78, 5) is 74.8. The van der Waals surface area contributed by atoms with Gasteiger partial charge in [0.05, 0.1) is 37.4 Å². The highest BCUT2D eigenvalue weighted by Gasteiger charge is 2.21. The van der Waals surface area contributed by atoms with E-state index in [1.54, 1.807) is 102 Å². The van der Waals surface area contributed by atoms with E-state index in [4.69, 9.17) is 47.8 Å². The molecule has 0 aliphatic heterocycles. The maximum atomic E-state index is 11.8. The lowest BCUT2D eigenvalue weighted by Crippen LogP contribution is -2.28. The third-order valence-corrected chi connectivity index (χ3v) is 5.75. The van der Waals surface area contributed by atoms with Gasteiger partial charge < -0.3 is 46.7 Å². The van der Waals surface area contributed by atoms with Crippen LogP contribution < -0.4 is 11.5 Å². The molecule has 3 aromatic carbocycles. The maximum Gasteiger partial charge on any atom is 0.404 e. The summed E-state index contributed by atoms with van der Waals surface area (Å²) >= 11 is 4.97. The minimum Gasteiger partial charge on any atom is -0.481 e. The van der Waals surface area contributed by atoms with E-state index in [2.05, 4.69) is 10.5 Å². The average Bonchev–Trinajstić information content (AvgIpc) is 3.13. The predicted octanol–water partition coefficient (Wildman–Crippen LogP) is 5.86. The monoisotopic (exact) mass is 814 g/mol. The summed E-state index contributed by atoms with van der Waals surface area (Å²) in [7, 11) is 0. The Morgan fingerprint density at radius 2 is 0.930 bits per heavy atom. The van der Waals surface area contributed by atoms with E-state index in [0.717, 1.165) is 5.56 Å². The van der Waals surface area contributed by atoms with Gasteiger partial charge in [0.15, 0.2) is 0 Å². The van der Waals surface area contributed by atoms with E-state index in [9.17, 15) is 33.6 Å². The highest BCUT2D eigenvalue weighted by atomic mass is 35.5. The zero-order valence-corrected chi connectivity index (χ0v) is 33.5. The number of benzene rings is 3. The van der Waals surface area contributed by atoms with E-state index in [1.807, 2.05) is 30.3 Å². The number of rotatable bonds is 12. The Morgan fingerprint density at radius 1 is 0.579 bits per heavy atom. The molecule has 0 atom stereocenters. The SMILES string of the molecule is CC(C)(C)OC(=O)CC(=N)C(=O)c1ccccc1.CC(C)(C)OC(=O)CN.N=C(CC(=O)O)C(=O)c1ccccc1.NCC(=O)O.O=C(Cl)OCc1ccccc1. The Morgan fingerprint density at radius 3 is 1.23 bits per heavy atom. The Balaban J connectivity index is 0. The van der Waals surface area contributed by atoms with Crippen molar-refractivity contribution >= 4 is 63.9 Å². The first-order valence-corrected chi connectivity index (χ1v) is 17.3. The number of ketones is 2. The maximum absolute atomic E-state index is 11.8. The third kappa shape index (κ3) is 30.9. The molecule has 0 saturated carbocycles. The summed E-state index contributed by atoms with van der Waals surface area (Å²) in [5.74, 6) is -4.03. The number of Topliss-reactive ketones (excluding diaryl/α,β-unsaturated/α-hetero) is 2. The lowest BCUT2D eigenvalue weighted by atomic mass is 10.0. The van der Waals surface area contributed by atoms with Crippen LogP contribution in [0.1, 0.15) is 80.7 Å². The number of aliphatic carboxylic acids is 2. The van der Waals surface area contributed by atoms with Crippen LogP contribution in [-0.4, -0.2) is 86.8 Å². The Kier molecular flexibility index (Phi) is 26.3. The molecule has 310 valence electrons. The van der Waals surface area contributed by atoms with Crippen LogP contribution in [0.4, 0.5) is 4.79 Å². The van der Waals surface area contributed by atoms with Crippen LogP contribution >= 0.6 is 11.6 Å². The summed E-state index contributed by atoms with van der Waals surface area (Å²) in [6.07, 6.45) is -0.835. The van der Waals surface area contributed by atoms with Gasteiger partial charge in [0.25, 0.3) is 0 Å². The molecule has 3 aromatic rings. The number of carboxylic acid groups (broad SMARTS) is 2. The molecule has 0 heterocycles. The largest absolute Gasteiger partial charge is 0.481 e. The Bertz CT molecular complexity index is 1760. The molecular weight excluding hydrogens is 764 g/mol. The van der Waals surface area contributed by atoms with Crippen molar-refractivity contribution < 1.29 is 58.0 Å². The molecule has 16 nitrogen and oxygen atoms in total. The molecule has 0 radical (unpaired) electrons. The first kappa shape index (κ1) is 53.0. The molecule has 3 rings (SSSR count). The van der Waals surface area contributed by atoms with Gasteiger partial charge in [-0.3, -0.25) is 28.8 Å². The molecule has 0 aliphatic carbocycles. The van der Waals surface area contributed by atoms with Gasteiger partial charge in [-0.15, -0.1) is 0 Å². The number of hydrogen-bond acceptors (Lipinski definition) is 14. The average molecular weight is 815 g/mol. The summed E-state index contributed by atoms with van der Waals surface area (Å²) in [6, 6.07) is 26.0. The molecule has 0 amide bonds. The normalized spacial score (nSPS) is 9.91. The topological polar surface area (TPSA) is 287 Å². The number of hydrogen-bond donors (Lipinski definition) is 6. The fraction of sp³-hybridized carbons (Fsp3) is 0.325. The molecule has 0 saturated heterocycles. The lowest BCUT2D eigenvalue weighted by Gasteiger charge is -2.19. The minimum atomic E-state index is -1.17. The standard InChI is InChI=1S/C14H17NO3.C10H9NO3.C8H7ClO2.C6H13NO2.C2H5NO2/c1-14(2,3)18-12(16)9-11(15)13(17)10-7-5-4-6-8-10;11-8(6-9(12)13)10(14)7-4-2-1-3-5-7;9-8(10)11-6-7-4-2-1-3-5-7;1-6(2,3)9-5(8)4-7;3-1-2(4)5/h4-8,15H,9H2,1-3H3;1-5,11H,6H2,(H,12,13);1-5H,6H2;4,7H2,1-3H3;1,3H2,(H,4,5). The number of halogens is 1. The van der Waals surface area contributed by atoms with Crippen molar-refractivity contribution in [3.05, 3.63) is 108 Å².